The van der Waals surface area contributed by atoms with Gasteiger partial charge in [-0.05, 0) is 32.0 Å². The SMILES string of the molecule is C#CCCC1(CCC(=O)NC(C)COc2cccc(C(=O)OCC)c2)N=N1. The Balaban J connectivity index is 1.72. The van der Waals surface area contributed by atoms with Crippen LogP contribution in [-0.2, 0) is 9.53 Å². The molecule has 0 aliphatic carbocycles. The standard InChI is InChI=1S/C20H25N3O4/c1-4-6-11-20(22-23-20)12-10-18(24)21-15(3)14-27-17-9-7-8-16(13-17)19(25)26-5-2/h1,7-9,13,15H,5-6,10-12,14H2,2-3H3,(H,21,24). The molecule has 1 unspecified atom stereocenters. The fourth-order valence-electron chi connectivity index (χ4n) is 2.52. The van der Waals surface area contributed by atoms with E-state index in [0.717, 1.165) is 0 Å². The highest BCUT2D eigenvalue weighted by Gasteiger charge is 2.39. The van der Waals surface area contributed by atoms with E-state index < -0.39 is 5.66 Å². The van der Waals surface area contributed by atoms with Gasteiger partial charge in [0.1, 0.15) is 12.4 Å². The minimum Gasteiger partial charge on any atom is -0.491 e. The van der Waals surface area contributed by atoms with Crippen molar-refractivity contribution in [3.63, 3.8) is 0 Å². The van der Waals surface area contributed by atoms with E-state index in [1.54, 1.807) is 31.2 Å². The third-order valence-electron chi connectivity index (χ3n) is 4.06. The summed E-state index contributed by atoms with van der Waals surface area (Å²) in [6.45, 7) is 4.21. The van der Waals surface area contributed by atoms with Crippen LogP contribution in [-0.4, -0.2) is 36.8 Å². The Kier molecular flexibility index (Phi) is 7.35. The number of carbonyl (C=O) groups excluding carboxylic acids is 2. The van der Waals surface area contributed by atoms with Crippen molar-refractivity contribution in [3.05, 3.63) is 29.8 Å². The molecule has 7 heteroatoms. The summed E-state index contributed by atoms with van der Waals surface area (Å²) >= 11 is 0. The quantitative estimate of drug-likeness (QED) is 0.478. The van der Waals surface area contributed by atoms with Gasteiger partial charge in [-0.15, -0.1) is 12.3 Å². The van der Waals surface area contributed by atoms with Crippen molar-refractivity contribution in [2.24, 2.45) is 10.2 Å². The van der Waals surface area contributed by atoms with Crippen LogP contribution < -0.4 is 10.1 Å². The van der Waals surface area contributed by atoms with Crippen LogP contribution in [0.5, 0.6) is 5.75 Å². The van der Waals surface area contributed by atoms with Crippen LogP contribution in [0.15, 0.2) is 34.5 Å². The molecule has 1 heterocycles. The van der Waals surface area contributed by atoms with Crippen LogP contribution in [0, 0.1) is 12.3 Å². The van der Waals surface area contributed by atoms with Gasteiger partial charge in [0.15, 0.2) is 5.66 Å². The summed E-state index contributed by atoms with van der Waals surface area (Å²) in [5.74, 6) is 2.64. The Morgan fingerprint density at radius 1 is 1.33 bits per heavy atom. The van der Waals surface area contributed by atoms with Crippen LogP contribution in [0.2, 0.25) is 0 Å². The molecule has 1 aromatic carbocycles. The van der Waals surface area contributed by atoms with Crippen molar-refractivity contribution in [3.8, 4) is 18.1 Å². The summed E-state index contributed by atoms with van der Waals surface area (Å²) in [5.41, 5.74) is -0.0167. The van der Waals surface area contributed by atoms with E-state index in [1.807, 2.05) is 6.92 Å². The maximum Gasteiger partial charge on any atom is 0.338 e. The Bertz CT molecular complexity index is 733. The van der Waals surface area contributed by atoms with E-state index in [0.29, 0.717) is 43.6 Å². The van der Waals surface area contributed by atoms with Gasteiger partial charge < -0.3 is 14.8 Å². The molecule has 0 saturated heterocycles. The minimum absolute atomic E-state index is 0.0799. The fourth-order valence-corrected chi connectivity index (χ4v) is 2.52. The highest BCUT2D eigenvalue weighted by molar-refractivity contribution is 5.89. The first-order chi connectivity index (χ1) is 13.0. The molecule has 144 valence electrons. The number of nitrogens with zero attached hydrogens (tertiary/aromatic N) is 2. The fraction of sp³-hybridized carbons (Fsp3) is 0.500. The molecule has 1 N–H and O–H groups in total. The summed E-state index contributed by atoms with van der Waals surface area (Å²) < 4.78 is 10.6. The average Bonchev–Trinajstić information content (AvgIpc) is 3.44. The number of ether oxygens (including phenoxy) is 2. The lowest BCUT2D eigenvalue weighted by molar-refractivity contribution is -0.122. The summed E-state index contributed by atoms with van der Waals surface area (Å²) in [7, 11) is 0. The molecule has 27 heavy (non-hydrogen) atoms. The molecule has 0 fully saturated rings. The molecule has 2 rings (SSSR count). The monoisotopic (exact) mass is 371 g/mol. The smallest absolute Gasteiger partial charge is 0.338 e. The summed E-state index contributed by atoms with van der Waals surface area (Å²) in [4.78, 5) is 23.8. The number of terminal acetylenes is 1. The second-order valence-electron chi connectivity index (χ2n) is 6.41. The number of nitrogens with one attached hydrogen (secondary N) is 1. The van der Waals surface area contributed by atoms with Crippen LogP contribution in [0.4, 0.5) is 0 Å². The van der Waals surface area contributed by atoms with Crippen molar-refractivity contribution in [2.75, 3.05) is 13.2 Å². The molecule has 7 nitrogen and oxygen atoms in total. The molecule has 0 saturated carbocycles. The van der Waals surface area contributed by atoms with Gasteiger partial charge in [0.05, 0.1) is 18.2 Å². The lowest BCUT2D eigenvalue weighted by Crippen LogP contribution is -2.37. The van der Waals surface area contributed by atoms with Crippen molar-refractivity contribution in [2.45, 2.75) is 51.2 Å². The number of esters is 1. The number of rotatable bonds is 11. The second kappa shape index (κ2) is 9.72. The van der Waals surface area contributed by atoms with Crippen LogP contribution in [0.3, 0.4) is 0 Å². The molecule has 1 aromatic rings. The van der Waals surface area contributed by atoms with Crippen molar-refractivity contribution < 1.29 is 19.1 Å². The lowest BCUT2D eigenvalue weighted by atomic mass is 10.0. The van der Waals surface area contributed by atoms with E-state index in [-0.39, 0.29) is 24.5 Å². The number of carbonyl (C=O) groups is 2. The molecule has 1 amide bonds. The first-order valence-electron chi connectivity index (χ1n) is 9.05. The van der Waals surface area contributed by atoms with E-state index in [9.17, 15) is 9.59 Å². The zero-order valence-electron chi connectivity index (χ0n) is 15.7. The van der Waals surface area contributed by atoms with Gasteiger partial charge in [-0.3, -0.25) is 4.79 Å². The number of amides is 1. The summed E-state index contributed by atoms with van der Waals surface area (Å²) in [5, 5.41) is 10.9. The number of benzene rings is 1. The first-order valence-corrected chi connectivity index (χ1v) is 9.05. The average molecular weight is 371 g/mol. The molecule has 0 bridgehead atoms. The zero-order valence-corrected chi connectivity index (χ0v) is 15.7. The Labute approximate surface area is 159 Å². The number of hydrogen-bond donors (Lipinski definition) is 1. The maximum absolute atomic E-state index is 12.1. The van der Waals surface area contributed by atoms with Crippen LogP contribution >= 0.6 is 0 Å². The van der Waals surface area contributed by atoms with Crippen molar-refractivity contribution in [1.82, 2.24) is 5.32 Å². The predicted molar refractivity (Wildman–Crippen MR) is 100 cm³/mol. The molecule has 1 aliphatic heterocycles. The van der Waals surface area contributed by atoms with Crippen molar-refractivity contribution >= 4 is 11.9 Å². The normalized spacial score (nSPS) is 14.7. The Morgan fingerprint density at radius 2 is 2.11 bits per heavy atom. The topological polar surface area (TPSA) is 89.3 Å². The second-order valence-corrected chi connectivity index (χ2v) is 6.41. The van der Waals surface area contributed by atoms with E-state index >= 15 is 0 Å². The third kappa shape index (κ3) is 6.74. The van der Waals surface area contributed by atoms with Gasteiger partial charge in [0.25, 0.3) is 0 Å². The molecule has 1 aliphatic rings. The van der Waals surface area contributed by atoms with E-state index in [2.05, 4.69) is 21.5 Å². The van der Waals surface area contributed by atoms with Gasteiger partial charge >= 0.3 is 5.97 Å². The van der Waals surface area contributed by atoms with Crippen LogP contribution in [0.1, 0.15) is 49.9 Å². The predicted octanol–water partition coefficient (Wildman–Crippen LogP) is 3.10. The highest BCUT2D eigenvalue weighted by Crippen LogP contribution is 2.37. The lowest BCUT2D eigenvalue weighted by Gasteiger charge is -2.16. The van der Waals surface area contributed by atoms with Gasteiger partial charge in [-0.25, -0.2) is 4.79 Å². The van der Waals surface area contributed by atoms with E-state index in [1.165, 1.54) is 0 Å². The van der Waals surface area contributed by atoms with Gasteiger partial charge in [0, 0.05) is 25.7 Å². The molecule has 0 radical (unpaired) electrons. The van der Waals surface area contributed by atoms with Gasteiger partial charge in [0.2, 0.25) is 5.91 Å². The Hall–Kier alpha value is -2.88. The molecule has 0 aromatic heterocycles. The zero-order chi connectivity index (χ0) is 19.7. The first kappa shape index (κ1) is 20.4. The Morgan fingerprint density at radius 3 is 2.78 bits per heavy atom. The van der Waals surface area contributed by atoms with Crippen LogP contribution in [0.25, 0.3) is 0 Å². The molecular formula is C20H25N3O4. The molecular weight excluding hydrogens is 346 g/mol. The highest BCUT2D eigenvalue weighted by atomic mass is 16.5. The largest absolute Gasteiger partial charge is 0.491 e. The molecule has 0 spiro atoms. The van der Waals surface area contributed by atoms with E-state index in [4.69, 9.17) is 15.9 Å². The molecule has 1 atom stereocenters. The maximum atomic E-state index is 12.1. The summed E-state index contributed by atoms with van der Waals surface area (Å²) in [6.07, 6.45) is 7.44. The third-order valence-corrected chi connectivity index (χ3v) is 4.06. The van der Waals surface area contributed by atoms with Gasteiger partial charge in [-0.2, -0.15) is 10.2 Å². The van der Waals surface area contributed by atoms with Gasteiger partial charge in [-0.1, -0.05) is 6.07 Å². The van der Waals surface area contributed by atoms with Crippen molar-refractivity contribution in [1.29, 1.82) is 0 Å². The summed E-state index contributed by atoms with van der Waals surface area (Å²) in [6, 6.07) is 6.59. The number of hydrogen-bond acceptors (Lipinski definition) is 6. The minimum atomic E-state index is -0.447.